The van der Waals surface area contributed by atoms with Gasteiger partial charge in [-0.15, -0.1) is 0 Å². The topological polar surface area (TPSA) is 70.2 Å². The fourth-order valence-electron chi connectivity index (χ4n) is 2.62. The quantitative estimate of drug-likeness (QED) is 0.220. The summed E-state index contributed by atoms with van der Waals surface area (Å²) in [5, 5.41) is 0. The number of hydrogen-bond acceptors (Lipinski definition) is 4. The molecule has 0 radical (unpaired) electrons. The predicted molar refractivity (Wildman–Crippen MR) is 101 cm³/mol. The first kappa shape index (κ1) is 21.1. The maximum absolute atomic E-state index is 11.0. The summed E-state index contributed by atoms with van der Waals surface area (Å²) >= 11 is 0. The molecule has 0 aliphatic rings. The molecule has 28 heavy (non-hydrogen) atoms. The monoisotopic (exact) mass is 388 g/mol. The van der Waals surface area contributed by atoms with Crippen molar-refractivity contribution in [3.8, 4) is 0 Å². The number of unbranched alkanes of at least 4 members (excludes halogenated alkanes) is 1. The van der Waals surface area contributed by atoms with Crippen LogP contribution in [0.2, 0.25) is 0 Å². The van der Waals surface area contributed by atoms with E-state index in [1.807, 2.05) is 46.6 Å². The summed E-state index contributed by atoms with van der Waals surface area (Å²) in [6.45, 7) is 10.5. The molecule has 0 aliphatic carbocycles. The van der Waals surface area contributed by atoms with Gasteiger partial charge in [0, 0.05) is 12.2 Å². The standard InChI is InChI=1S/C20H28N4O4/c1-3-19(25)27-15-13-23-11-9-21(17-23)7-5-6-8-22-10-12-24(18-22)14-16-28-20(26)4-2/h3-4,9-12,17-18H,1-2,5-8,13-16H2/q+2. The van der Waals surface area contributed by atoms with Gasteiger partial charge in [0.05, 0.1) is 13.1 Å². The molecule has 2 aromatic rings. The third kappa shape index (κ3) is 7.61. The number of esters is 2. The first-order valence-electron chi connectivity index (χ1n) is 9.28. The van der Waals surface area contributed by atoms with Gasteiger partial charge in [-0.1, -0.05) is 13.2 Å². The minimum absolute atomic E-state index is 0.333. The molecule has 0 aromatic carbocycles. The average molecular weight is 388 g/mol. The lowest BCUT2D eigenvalue weighted by Gasteiger charge is -1.99. The van der Waals surface area contributed by atoms with Gasteiger partial charge in [-0.2, -0.15) is 0 Å². The largest absolute Gasteiger partial charge is 0.458 e. The molecule has 0 spiro atoms. The Balaban J connectivity index is 1.61. The van der Waals surface area contributed by atoms with E-state index >= 15 is 0 Å². The van der Waals surface area contributed by atoms with Gasteiger partial charge in [0.25, 0.3) is 0 Å². The second kappa shape index (κ2) is 11.5. The van der Waals surface area contributed by atoms with Crippen molar-refractivity contribution in [3.63, 3.8) is 0 Å². The molecule has 0 fully saturated rings. The van der Waals surface area contributed by atoms with Crippen molar-refractivity contribution < 1.29 is 28.2 Å². The third-order valence-corrected chi connectivity index (χ3v) is 4.10. The summed E-state index contributed by atoms with van der Waals surface area (Å²) in [6.07, 6.45) is 16.4. The van der Waals surface area contributed by atoms with Gasteiger partial charge in [0.1, 0.15) is 51.1 Å². The van der Waals surface area contributed by atoms with Crippen molar-refractivity contribution in [1.29, 1.82) is 0 Å². The van der Waals surface area contributed by atoms with E-state index in [1.165, 1.54) is 12.2 Å². The lowest BCUT2D eigenvalue weighted by Crippen LogP contribution is -2.34. The first-order chi connectivity index (χ1) is 13.6. The van der Waals surface area contributed by atoms with Crippen LogP contribution in [0.3, 0.4) is 0 Å². The SMILES string of the molecule is C=CC(=O)OCCn1cc[n+](CCCC[n+]2ccn(CCOC(=O)C=C)c2)c1. The molecule has 2 heterocycles. The fourth-order valence-corrected chi connectivity index (χ4v) is 2.62. The van der Waals surface area contributed by atoms with E-state index in [1.54, 1.807) is 0 Å². The molecule has 8 heteroatoms. The van der Waals surface area contributed by atoms with Gasteiger partial charge >= 0.3 is 11.9 Å². The summed E-state index contributed by atoms with van der Waals surface area (Å²) in [4.78, 5) is 22.0. The number of carbonyl (C=O) groups excluding carboxylic acids is 2. The van der Waals surface area contributed by atoms with Crippen molar-refractivity contribution in [1.82, 2.24) is 9.13 Å². The van der Waals surface area contributed by atoms with E-state index in [4.69, 9.17) is 9.47 Å². The molecule has 0 aliphatic heterocycles. The number of ether oxygens (including phenoxy) is 2. The molecule has 0 amide bonds. The van der Waals surface area contributed by atoms with Crippen LogP contribution in [0.15, 0.2) is 62.8 Å². The molecule has 8 nitrogen and oxygen atoms in total. The van der Waals surface area contributed by atoms with Crippen LogP contribution >= 0.6 is 0 Å². The zero-order chi connectivity index (χ0) is 20.2. The van der Waals surface area contributed by atoms with Gasteiger partial charge < -0.3 is 9.47 Å². The molecule has 0 N–H and O–H groups in total. The van der Waals surface area contributed by atoms with E-state index in [-0.39, 0.29) is 0 Å². The molecule has 0 atom stereocenters. The van der Waals surface area contributed by atoms with Gasteiger partial charge in [0.2, 0.25) is 12.7 Å². The fraction of sp³-hybridized carbons (Fsp3) is 0.400. The van der Waals surface area contributed by atoms with Crippen LogP contribution in [0.25, 0.3) is 0 Å². The summed E-state index contributed by atoms with van der Waals surface area (Å²) in [5.74, 6) is -0.798. The Kier molecular flexibility index (Phi) is 8.71. The van der Waals surface area contributed by atoms with Gasteiger partial charge in [-0.05, 0) is 12.8 Å². The van der Waals surface area contributed by atoms with E-state index in [9.17, 15) is 9.59 Å². The number of aryl methyl sites for hydroxylation is 2. The Hall–Kier alpha value is -3.16. The maximum atomic E-state index is 11.0. The molecule has 0 unspecified atom stereocenters. The maximum Gasteiger partial charge on any atom is 0.330 e. The average Bonchev–Trinajstić information content (AvgIpc) is 3.34. The van der Waals surface area contributed by atoms with Gasteiger partial charge in [0.15, 0.2) is 0 Å². The number of nitrogens with zero attached hydrogens (tertiary/aromatic N) is 4. The molecule has 0 bridgehead atoms. The molecule has 0 saturated heterocycles. The zero-order valence-corrected chi connectivity index (χ0v) is 16.1. The second-order valence-corrected chi connectivity index (χ2v) is 6.23. The Bertz CT molecular complexity index is 727. The normalized spacial score (nSPS) is 10.4. The third-order valence-electron chi connectivity index (χ3n) is 4.10. The lowest BCUT2D eigenvalue weighted by atomic mass is 10.3. The highest BCUT2D eigenvalue weighted by Crippen LogP contribution is 1.93. The highest BCUT2D eigenvalue weighted by molar-refractivity contribution is 5.81. The van der Waals surface area contributed by atoms with Crippen molar-refractivity contribution >= 4 is 11.9 Å². The number of carbonyl (C=O) groups is 2. The van der Waals surface area contributed by atoms with Crippen LogP contribution in [0.4, 0.5) is 0 Å². The van der Waals surface area contributed by atoms with E-state index in [0.717, 1.165) is 25.9 Å². The molecule has 0 saturated carbocycles. The summed E-state index contributed by atoms with van der Waals surface area (Å²) in [7, 11) is 0. The molecular weight excluding hydrogens is 360 g/mol. The second-order valence-electron chi connectivity index (χ2n) is 6.23. The van der Waals surface area contributed by atoms with E-state index in [0.29, 0.717) is 26.3 Å². The lowest BCUT2D eigenvalue weighted by molar-refractivity contribution is -0.707. The van der Waals surface area contributed by atoms with Crippen molar-refractivity contribution in [2.45, 2.75) is 39.0 Å². The van der Waals surface area contributed by atoms with Crippen molar-refractivity contribution in [3.05, 3.63) is 62.8 Å². The Morgan fingerprint density at radius 2 is 1.25 bits per heavy atom. The minimum Gasteiger partial charge on any atom is -0.458 e. The predicted octanol–water partition coefficient (Wildman–Crippen LogP) is 0.803. The van der Waals surface area contributed by atoms with E-state index in [2.05, 4.69) is 22.3 Å². The smallest absolute Gasteiger partial charge is 0.330 e. The number of hydrogen-bond donors (Lipinski definition) is 0. The van der Waals surface area contributed by atoms with Crippen molar-refractivity contribution in [2.24, 2.45) is 0 Å². The van der Waals surface area contributed by atoms with Gasteiger partial charge in [-0.25, -0.2) is 27.9 Å². The highest BCUT2D eigenvalue weighted by atomic mass is 16.5. The number of rotatable bonds is 13. The molecule has 150 valence electrons. The first-order valence-corrected chi connectivity index (χ1v) is 9.28. The van der Waals surface area contributed by atoms with Crippen LogP contribution in [0, 0.1) is 0 Å². The summed E-state index contributed by atoms with van der Waals surface area (Å²) in [6, 6.07) is 0. The number of aromatic nitrogens is 4. The van der Waals surface area contributed by atoms with Crippen LogP contribution in [0.5, 0.6) is 0 Å². The summed E-state index contributed by atoms with van der Waals surface area (Å²) in [5.41, 5.74) is 0. The zero-order valence-electron chi connectivity index (χ0n) is 16.1. The Morgan fingerprint density at radius 1 is 0.821 bits per heavy atom. The van der Waals surface area contributed by atoms with Crippen LogP contribution < -0.4 is 9.13 Å². The molecular formula is C20H28N4O4+2. The Labute approximate surface area is 164 Å². The van der Waals surface area contributed by atoms with Crippen LogP contribution in [-0.2, 0) is 45.2 Å². The number of imidazole rings is 2. The van der Waals surface area contributed by atoms with Crippen LogP contribution in [0.1, 0.15) is 12.8 Å². The minimum atomic E-state index is -0.399. The van der Waals surface area contributed by atoms with Gasteiger partial charge in [-0.3, -0.25) is 0 Å². The van der Waals surface area contributed by atoms with Crippen molar-refractivity contribution in [2.75, 3.05) is 13.2 Å². The molecule has 2 rings (SSSR count). The highest BCUT2D eigenvalue weighted by Gasteiger charge is 2.07. The molecule has 2 aromatic heterocycles. The Morgan fingerprint density at radius 3 is 1.64 bits per heavy atom. The van der Waals surface area contributed by atoms with E-state index < -0.39 is 11.9 Å². The summed E-state index contributed by atoms with van der Waals surface area (Å²) < 4.78 is 18.2. The van der Waals surface area contributed by atoms with Crippen LogP contribution in [-0.4, -0.2) is 34.3 Å².